The Labute approximate surface area is 130 Å². The van der Waals surface area contributed by atoms with E-state index in [2.05, 4.69) is 66.9 Å². The maximum Gasteiger partial charge on any atom is 0.0250 e. The number of rotatable bonds is 8. The molecule has 1 rings (SSSR count). The van der Waals surface area contributed by atoms with Crippen molar-refractivity contribution in [1.82, 2.24) is 4.90 Å². The minimum Gasteiger partial charge on any atom is -0.309 e. The quantitative estimate of drug-likeness (QED) is 0.577. The molecule has 4 atom stereocenters. The van der Waals surface area contributed by atoms with Gasteiger partial charge in [0.15, 0.2) is 0 Å². The largest absolute Gasteiger partial charge is 0.309 e. The Morgan fingerprint density at radius 2 is 1.90 bits per heavy atom. The highest BCUT2D eigenvalue weighted by Gasteiger charge is 2.52. The van der Waals surface area contributed by atoms with E-state index in [0.29, 0.717) is 10.3 Å². The van der Waals surface area contributed by atoms with Gasteiger partial charge in [0.25, 0.3) is 0 Å². The summed E-state index contributed by atoms with van der Waals surface area (Å²) >= 11 is 0. The summed E-state index contributed by atoms with van der Waals surface area (Å²) in [6.45, 7) is 17.9. The number of hydrogen-bond donors (Lipinski definition) is 0. The fraction of sp³-hybridized carbons (Fsp3) is 0.941. The Morgan fingerprint density at radius 3 is 2.30 bits per heavy atom. The molecule has 0 aromatic rings. The van der Waals surface area contributed by atoms with Gasteiger partial charge in [-0.15, -0.1) is 8.58 Å². The molecule has 0 aliphatic carbocycles. The van der Waals surface area contributed by atoms with E-state index in [0.717, 1.165) is 14.5 Å². The summed E-state index contributed by atoms with van der Waals surface area (Å²) in [5.41, 5.74) is 0.470. The van der Waals surface area contributed by atoms with Crippen molar-refractivity contribution in [3.05, 3.63) is 0 Å². The van der Waals surface area contributed by atoms with Crippen LogP contribution in [0.5, 0.6) is 0 Å². The molecule has 20 heavy (non-hydrogen) atoms. The predicted molar refractivity (Wildman–Crippen MR) is 102 cm³/mol. The third-order valence-corrected chi connectivity index (χ3v) is 15.3. The zero-order chi connectivity index (χ0) is 15.8. The summed E-state index contributed by atoms with van der Waals surface area (Å²) in [5.74, 6) is 0.831. The molecule has 0 saturated heterocycles. The summed E-state index contributed by atoms with van der Waals surface area (Å²) in [5, 5.41) is 1.86. The highest BCUT2D eigenvalue weighted by molar-refractivity contribution is 7.95. The summed E-state index contributed by atoms with van der Waals surface area (Å²) in [6.07, 6.45) is 4.22. The second kappa shape index (κ2) is 6.44. The first-order chi connectivity index (χ1) is 9.01. The first-order valence-corrected chi connectivity index (χ1v) is 12.0. The molecule has 1 aliphatic heterocycles. The van der Waals surface area contributed by atoms with Crippen LogP contribution in [0.25, 0.3) is 0 Å². The second-order valence-electron chi connectivity index (χ2n) is 8.05. The van der Waals surface area contributed by atoms with Crippen LogP contribution in [0.3, 0.4) is 0 Å². The molecule has 0 aromatic heterocycles. The Morgan fingerprint density at radius 1 is 1.35 bits per heavy atom. The zero-order valence-electron chi connectivity index (χ0n) is 15.3. The van der Waals surface area contributed by atoms with Crippen molar-refractivity contribution < 1.29 is 0 Å². The van der Waals surface area contributed by atoms with Crippen molar-refractivity contribution in [1.29, 1.82) is 0 Å². The van der Waals surface area contributed by atoms with Gasteiger partial charge in [-0.3, -0.25) is 0 Å². The average molecular weight is 317 g/mol. The van der Waals surface area contributed by atoms with E-state index in [4.69, 9.17) is 0 Å². The van der Waals surface area contributed by atoms with Crippen LogP contribution in [0.4, 0.5) is 0 Å². The van der Waals surface area contributed by atoms with Crippen LogP contribution in [0.2, 0.25) is 0 Å². The Balaban J connectivity index is 2.54. The van der Waals surface area contributed by atoms with Crippen molar-refractivity contribution in [2.75, 3.05) is 40.1 Å². The lowest BCUT2D eigenvalue weighted by molar-refractivity contribution is 0.184. The van der Waals surface area contributed by atoms with E-state index < -0.39 is 6.89 Å². The fourth-order valence-electron chi connectivity index (χ4n) is 3.29. The lowest BCUT2D eigenvalue weighted by Gasteiger charge is -2.34. The Bertz CT molecular complexity index is 398. The third-order valence-electron chi connectivity index (χ3n) is 6.42. The molecule has 120 valence electrons. The van der Waals surface area contributed by atoms with Crippen LogP contribution >= 0.6 is 15.5 Å². The standard InChI is InChI=1S/C17H37NP2/c1-14(16(3,4)11-12-18(6)7)10-13-20(9)15(2)17(20,5)19-8/h14,19H,10-13H2,1-9H3. The lowest BCUT2D eigenvalue weighted by atomic mass is 9.76. The van der Waals surface area contributed by atoms with Crippen LogP contribution in [0.15, 0.2) is 0 Å². The smallest absolute Gasteiger partial charge is 0.0250 e. The molecule has 1 nitrogen and oxygen atoms in total. The topological polar surface area (TPSA) is 3.24 Å². The maximum atomic E-state index is 2.61. The van der Waals surface area contributed by atoms with Crippen LogP contribution in [-0.2, 0) is 0 Å². The van der Waals surface area contributed by atoms with Crippen molar-refractivity contribution in [3.8, 4) is 0 Å². The van der Waals surface area contributed by atoms with E-state index in [1.807, 2.05) is 5.29 Å². The summed E-state index contributed by atoms with van der Waals surface area (Å²) < 4.78 is 0. The first-order valence-electron chi connectivity index (χ1n) is 8.05. The minimum atomic E-state index is -0.722. The van der Waals surface area contributed by atoms with Gasteiger partial charge in [0, 0.05) is 4.90 Å². The van der Waals surface area contributed by atoms with Crippen molar-refractivity contribution in [2.45, 2.75) is 52.4 Å². The van der Waals surface area contributed by atoms with Crippen LogP contribution in [-0.4, -0.2) is 55.2 Å². The third kappa shape index (κ3) is 3.53. The van der Waals surface area contributed by atoms with Crippen molar-refractivity contribution >= 4 is 20.8 Å². The van der Waals surface area contributed by atoms with E-state index in [-0.39, 0.29) is 0 Å². The van der Waals surface area contributed by atoms with Gasteiger partial charge in [-0.05, 0) is 78.2 Å². The summed E-state index contributed by atoms with van der Waals surface area (Å²) in [7, 11) is 5.47. The molecular formula is C17H37NP2. The maximum absolute atomic E-state index is 2.61. The summed E-state index contributed by atoms with van der Waals surface area (Å²) in [4.78, 5) is 2.97. The van der Waals surface area contributed by atoms with Gasteiger partial charge in [0.1, 0.15) is 0 Å². The van der Waals surface area contributed by atoms with Gasteiger partial charge in [0.05, 0.1) is 0 Å². The molecule has 1 heterocycles. The molecule has 1 aliphatic rings. The molecule has 4 unspecified atom stereocenters. The van der Waals surface area contributed by atoms with Gasteiger partial charge in [-0.25, -0.2) is 0 Å². The van der Waals surface area contributed by atoms with E-state index in [1.54, 1.807) is 0 Å². The summed E-state index contributed by atoms with van der Waals surface area (Å²) in [6, 6.07) is 0. The fourth-order valence-corrected chi connectivity index (χ4v) is 11.3. The Hall–Kier alpha value is 0.690. The monoisotopic (exact) mass is 317 g/mol. The average Bonchev–Trinajstić information content (AvgIpc) is 2.81. The van der Waals surface area contributed by atoms with E-state index >= 15 is 0 Å². The van der Waals surface area contributed by atoms with Gasteiger partial charge < -0.3 is 4.90 Å². The van der Waals surface area contributed by atoms with Gasteiger partial charge in [-0.1, -0.05) is 33.0 Å². The van der Waals surface area contributed by atoms with Crippen LogP contribution < -0.4 is 0 Å². The van der Waals surface area contributed by atoms with E-state index in [1.165, 1.54) is 25.5 Å². The zero-order valence-corrected chi connectivity index (χ0v) is 17.2. The SMILES string of the molecule is CPC1(C)C(C)=P1(C)CCC(C)C(C)(C)CCN(C)C. The predicted octanol–water partition coefficient (Wildman–Crippen LogP) is 4.87. The molecule has 0 bridgehead atoms. The molecule has 0 fully saturated rings. The van der Waals surface area contributed by atoms with Gasteiger partial charge >= 0.3 is 0 Å². The molecule has 0 radical (unpaired) electrons. The van der Waals surface area contributed by atoms with Gasteiger partial charge in [0.2, 0.25) is 0 Å². The highest BCUT2D eigenvalue weighted by atomic mass is 31.2. The lowest BCUT2D eigenvalue weighted by Crippen LogP contribution is -2.27. The minimum absolute atomic E-state index is 0.470. The van der Waals surface area contributed by atoms with Gasteiger partial charge in [-0.2, -0.15) is 0 Å². The number of hydrogen-bond acceptors (Lipinski definition) is 1. The Kier molecular flexibility index (Phi) is 6.03. The molecule has 3 heteroatoms. The molecule has 0 spiro atoms. The molecule has 0 aromatic carbocycles. The van der Waals surface area contributed by atoms with E-state index in [9.17, 15) is 0 Å². The molecule has 0 amide bonds. The van der Waals surface area contributed by atoms with Crippen LogP contribution in [0.1, 0.15) is 47.5 Å². The molecule has 0 saturated carbocycles. The van der Waals surface area contributed by atoms with Crippen molar-refractivity contribution in [2.24, 2.45) is 11.3 Å². The molecular weight excluding hydrogens is 280 g/mol. The first kappa shape index (κ1) is 18.7. The molecule has 0 N–H and O–H groups in total. The second-order valence-corrected chi connectivity index (χ2v) is 14.4. The van der Waals surface area contributed by atoms with Crippen molar-refractivity contribution in [3.63, 3.8) is 0 Å². The highest BCUT2D eigenvalue weighted by Crippen LogP contribution is 2.79. The number of nitrogens with zero attached hydrogens (tertiary/aromatic N) is 1. The normalized spacial score (nSPS) is 32.4. The van der Waals surface area contributed by atoms with Crippen LogP contribution in [0, 0.1) is 11.3 Å².